The van der Waals surface area contributed by atoms with Gasteiger partial charge >= 0.3 is 0 Å². The van der Waals surface area contributed by atoms with Crippen LogP contribution in [0.5, 0.6) is 5.75 Å². The number of hydrogen-bond acceptors (Lipinski definition) is 1. The SMILES string of the molecule is C.C1=Cc2ccccc2OC1.[Mn].[Mo]. The minimum atomic E-state index is 0. The zero-order chi connectivity index (χ0) is 6.81. The van der Waals surface area contributed by atoms with E-state index in [0.717, 1.165) is 5.75 Å². The van der Waals surface area contributed by atoms with Gasteiger partial charge in [-0.2, -0.15) is 0 Å². The first-order valence-electron chi connectivity index (χ1n) is 3.35. The van der Waals surface area contributed by atoms with Crippen molar-refractivity contribution < 1.29 is 42.9 Å². The molecule has 3 heteroatoms. The van der Waals surface area contributed by atoms with Crippen LogP contribution in [-0.4, -0.2) is 6.61 Å². The summed E-state index contributed by atoms with van der Waals surface area (Å²) >= 11 is 0. The van der Waals surface area contributed by atoms with Gasteiger partial charge in [-0.3, -0.25) is 0 Å². The Morgan fingerprint density at radius 3 is 2.54 bits per heavy atom. The largest absolute Gasteiger partial charge is 0.489 e. The molecule has 0 amide bonds. The normalized spacial score (nSPS) is 10.8. The van der Waals surface area contributed by atoms with Crippen LogP contribution in [0.25, 0.3) is 6.08 Å². The van der Waals surface area contributed by atoms with Crippen molar-refractivity contribution in [3.05, 3.63) is 35.9 Å². The van der Waals surface area contributed by atoms with Crippen molar-refractivity contribution in [3.8, 4) is 5.75 Å². The van der Waals surface area contributed by atoms with E-state index in [4.69, 9.17) is 4.74 Å². The summed E-state index contributed by atoms with van der Waals surface area (Å²) in [5.74, 6) is 0.991. The fourth-order valence-electron chi connectivity index (χ4n) is 1.06. The first-order valence-corrected chi connectivity index (χ1v) is 3.35. The maximum Gasteiger partial charge on any atom is 0.126 e. The molecule has 0 N–H and O–H groups in total. The van der Waals surface area contributed by atoms with Crippen LogP contribution in [0.3, 0.4) is 0 Å². The monoisotopic (exact) mass is 301 g/mol. The molecular weight excluding hydrogens is 287 g/mol. The molecule has 13 heavy (non-hydrogen) atoms. The number of hydrogen-bond donors (Lipinski definition) is 0. The molecule has 71 valence electrons. The Hall–Kier alpha value is -0.0322. The standard InChI is InChI=1S/C9H8O.CH4.Mn.Mo/c1-2-6-9-8(4-1)5-3-7-10-9;;;/h1-6H,7H2;1H4;;. The molecule has 1 nitrogen and oxygen atoms in total. The van der Waals surface area contributed by atoms with Gasteiger partial charge in [-0.15, -0.1) is 0 Å². The van der Waals surface area contributed by atoms with E-state index >= 15 is 0 Å². The van der Waals surface area contributed by atoms with E-state index in [1.165, 1.54) is 5.56 Å². The average Bonchev–Trinajstić information content (AvgIpc) is 2.05. The molecule has 2 rings (SSSR count). The zero-order valence-electron chi connectivity index (χ0n) is 6.37. The maximum atomic E-state index is 5.34. The van der Waals surface area contributed by atoms with E-state index in [-0.39, 0.29) is 45.6 Å². The van der Waals surface area contributed by atoms with E-state index in [9.17, 15) is 0 Å². The number of rotatable bonds is 0. The molecular formula is C10H12MnMoO. The Kier molecular flexibility index (Phi) is 8.76. The predicted molar refractivity (Wildman–Crippen MR) is 47.7 cm³/mol. The molecule has 0 saturated carbocycles. The van der Waals surface area contributed by atoms with Crippen LogP contribution < -0.4 is 4.74 Å². The second kappa shape index (κ2) is 7.38. The molecule has 0 aromatic heterocycles. The van der Waals surface area contributed by atoms with Crippen LogP contribution in [-0.2, 0) is 38.1 Å². The fourth-order valence-corrected chi connectivity index (χ4v) is 1.06. The van der Waals surface area contributed by atoms with Crippen molar-refractivity contribution in [3.63, 3.8) is 0 Å². The van der Waals surface area contributed by atoms with E-state index in [1.807, 2.05) is 30.3 Å². The maximum absolute atomic E-state index is 5.34. The Bertz CT molecular complexity index is 273. The van der Waals surface area contributed by atoms with Crippen molar-refractivity contribution in [2.75, 3.05) is 6.61 Å². The summed E-state index contributed by atoms with van der Waals surface area (Å²) in [6.07, 6.45) is 4.10. The quantitative estimate of drug-likeness (QED) is 0.669. The second-order valence-corrected chi connectivity index (χ2v) is 2.25. The van der Waals surface area contributed by atoms with Gasteiger partial charge in [0.05, 0.1) is 0 Å². The summed E-state index contributed by atoms with van der Waals surface area (Å²) in [7, 11) is 0. The molecule has 1 heterocycles. The number of para-hydroxylation sites is 1. The molecule has 1 aliphatic rings. The number of benzene rings is 1. The van der Waals surface area contributed by atoms with E-state index in [1.54, 1.807) is 0 Å². The number of ether oxygens (including phenoxy) is 1. The molecule has 0 fully saturated rings. The zero-order valence-corrected chi connectivity index (χ0v) is 9.55. The Morgan fingerprint density at radius 2 is 1.85 bits per heavy atom. The van der Waals surface area contributed by atoms with Crippen LogP contribution >= 0.6 is 0 Å². The molecule has 0 unspecified atom stereocenters. The third-order valence-corrected chi connectivity index (χ3v) is 1.55. The van der Waals surface area contributed by atoms with Gasteiger partial charge < -0.3 is 4.74 Å². The van der Waals surface area contributed by atoms with Crippen LogP contribution in [0.1, 0.15) is 13.0 Å². The number of fused-ring (bicyclic) bond motifs is 1. The third kappa shape index (κ3) is 3.68. The molecule has 0 aliphatic carbocycles. The van der Waals surface area contributed by atoms with Gasteiger partial charge in [0.15, 0.2) is 0 Å². The summed E-state index contributed by atoms with van der Waals surface area (Å²) in [6, 6.07) is 8.03. The molecule has 0 saturated heterocycles. The van der Waals surface area contributed by atoms with Gasteiger partial charge in [0.2, 0.25) is 0 Å². The summed E-state index contributed by atoms with van der Waals surface area (Å²) in [4.78, 5) is 0. The Balaban J connectivity index is 0. The molecule has 1 aromatic rings. The molecule has 0 atom stereocenters. The van der Waals surface area contributed by atoms with Crippen molar-refractivity contribution in [2.24, 2.45) is 0 Å². The summed E-state index contributed by atoms with van der Waals surface area (Å²) in [5, 5.41) is 0. The molecule has 1 aromatic carbocycles. The van der Waals surface area contributed by atoms with Crippen molar-refractivity contribution in [2.45, 2.75) is 7.43 Å². The van der Waals surface area contributed by atoms with Crippen LogP contribution in [0, 0.1) is 0 Å². The second-order valence-electron chi connectivity index (χ2n) is 2.25. The van der Waals surface area contributed by atoms with Crippen molar-refractivity contribution in [1.82, 2.24) is 0 Å². The Labute approximate surface area is 104 Å². The summed E-state index contributed by atoms with van der Waals surface area (Å²) < 4.78 is 5.34. The average molecular weight is 299 g/mol. The fraction of sp³-hybridized carbons (Fsp3) is 0.200. The van der Waals surface area contributed by atoms with Gasteiger partial charge in [-0.05, 0) is 12.1 Å². The van der Waals surface area contributed by atoms with Gasteiger partial charge in [0.25, 0.3) is 0 Å². The molecule has 0 spiro atoms. The van der Waals surface area contributed by atoms with Crippen LogP contribution in [0.15, 0.2) is 30.3 Å². The molecule has 1 radical (unpaired) electrons. The van der Waals surface area contributed by atoms with Crippen LogP contribution in [0.2, 0.25) is 0 Å². The van der Waals surface area contributed by atoms with E-state index in [0.29, 0.717) is 6.61 Å². The van der Waals surface area contributed by atoms with Crippen molar-refractivity contribution in [1.29, 1.82) is 0 Å². The minimum absolute atomic E-state index is 0. The van der Waals surface area contributed by atoms with Gasteiger partial charge in [-0.1, -0.05) is 31.7 Å². The minimum Gasteiger partial charge on any atom is -0.489 e. The smallest absolute Gasteiger partial charge is 0.126 e. The first-order chi connectivity index (χ1) is 4.97. The van der Waals surface area contributed by atoms with E-state index < -0.39 is 0 Å². The topological polar surface area (TPSA) is 9.23 Å². The molecule has 0 bridgehead atoms. The first kappa shape index (κ1) is 15.4. The predicted octanol–water partition coefficient (Wildman–Crippen LogP) is 2.72. The molecule has 1 aliphatic heterocycles. The third-order valence-electron chi connectivity index (χ3n) is 1.55. The Morgan fingerprint density at radius 1 is 1.15 bits per heavy atom. The summed E-state index contributed by atoms with van der Waals surface area (Å²) in [5.41, 5.74) is 1.17. The van der Waals surface area contributed by atoms with E-state index in [2.05, 4.69) is 6.08 Å². The van der Waals surface area contributed by atoms with Gasteiger partial charge in [0.1, 0.15) is 12.4 Å². The van der Waals surface area contributed by atoms with Crippen molar-refractivity contribution >= 4 is 6.08 Å². The van der Waals surface area contributed by atoms with Gasteiger partial charge in [0, 0.05) is 43.7 Å². The van der Waals surface area contributed by atoms with Gasteiger partial charge in [-0.25, -0.2) is 0 Å². The van der Waals surface area contributed by atoms with Crippen LogP contribution in [0.4, 0.5) is 0 Å². The summed E-state index contributed by atoms with van der Waals surface area (Å²) in [6.45, 7) is 0.705.